The largest absolute Gasteiger partial charge is 0.301 e. The van der Waals surface area contributed by atoms with Crippen molar-refractivity contribution in [1.82, 2.24) is 4.90 Å². The highest BCUT2D eigenvalue weighted by Gasteiger charge is 2.42. The van der Waals surface area contributed by atoms with E-state index in [-0.39, 0.29) is 12.4 Å². The first-order valence-electron chi connectivity index (χ1n) is 10.1. The molecule has 1 unspecified atom stereocenters. The van der Waals surface area contributed by atoms with Gasteiger partial charge in [0.1, 0.15) is 5.78 Å². The van der Waals surface area contributed by atoms with Crippen LogP contribution in [-0.2, 0) is 10.2 Å². The van der Waals surface area contributed by atoms with Gasteiger partial charge in [-0.25, -0.2) is 0 Å². The Morgan fingerprint density at radius 3 is 1.85 bits per heavy atom. The number of Topliss-reactive ketones (excluding diaryl/α,β-unsaturated/α-hetero) is 1. The zero-order valence-corrected chi connectivity index (χ0v) is 17.4. The summed E-state index contributed by atoms with van der Waals surface area (Å²) in [7, 11) is 0. The Morgan fingerprint density at radius 1 is 0.926 bits per heavy atom. The van der Waals surface area contributed by atoms with Gasteiger partial charge in [-0.3, -0.25) is 4.79 Å². The van der Waals surface area contributed by atoms with Crippen LogP contribution in [0.1, 0.15) is 57.1 Å². The van der Waals surface area contributed by atoms with Gasteiger partial charge >= 0.3 is 0 Å². The highest BCUT2D eigenvalue weighted by molar-refractivity contribution is 5.93. The number of benzene rings is 2. The molecular weight excluding hydrogens is 354 g/mol. The van der Waals surface area contributed by atoms with Crippen molar-refractivity contribution in [2.24, 2.45) is 0 Å². The van der Waals surface area contributed by atoms with Gasteiger partial charge in [0.15, 0.2) is 0 Å². The van der Waals surface area contributed by atoms with Crippen molar-refractivity contribution in [3.8, 4) is 0 Å². The lowest BCUT2D eigenvalue weighted by molar-refractivity contribution is -0.123. The van der Waals surface area contributed by atoms with Crippen molar-refractivity contribution in [2.45, 2.75) is 57.4 Å². The molecule has 1 aliphatic rings. The number of carbonyl (C=O) groups is 1. The Morgan fingerprint density at radius 2 is 1.41 bits per heavy atom. The predicted octanol–water partition coefficient (Wildman–Crippen LogP) is 5.64. The van der Waals surface area contributed by atoms with Crippen molar-refractivity contribution in [3.63, 3.8) is 0 Å². The number of nitrogens with zero attached hydrogens (tertiary/aromatic N) is 1. The van der Waals surface area contributed by atoms with Crippen molar-refractivity contribution in [1.29, 1.82) is 0 Å². The fourth-order valence-corrected chi connectivity index (χ4v) is 4.52. The number of hydrogen-bond acceptors (Lipinski definition) is 2. The molecule has 2 aromatic rings. The van der Waals surface area contributed by atoms with E-state index in [4.69, 9.17) is 0 Å². The van der Waals surface area contributed by atoms with Crippen molar-refractivity contribution < 1.29 is 4.79 Å². The normalized spacial score (nSPS) is 16.4. The van der Waals surface area contributed by atoms with Gasteiger partial charge in [0, 0.05) is 12.5 Å². The number of rotatable bonds is 7. The molecule has 1 aliphatic heterocycles. The van der Waals surface area contributed by atoms with E-state index in [0.29, 0.717) is 18.2 Å². The SMILES string of the molecule is CCC(=O)C(CC(C)N1CCCCC1)(c1ccccc1)c1ccccc1.Cl. The van der Waals surface area contributed by atoms with E-state index in [1.165, 1.54) is 19.3 Å². The lowest BCUT2D eigenvalue weighted by atomic mass is 9.66. The minimum Gasteiger partial charge on any atom is -0.301 e. The number of ketones is 1. The van der Waals surface area contributed by atoms with Gasteiger partial charge in [-0.1, -0.05) is 74.0 Å². The van der Waals surface area contributed by atoms with Gasteiger partial charge in [-0.05, 0) is 50.4 Å². The molecule has 1 atom stereocenters. The zero-order chi connectivity index (χ0) is 18.4. The summed E-state index contributed by atoms with van der Waals surface area (Å²) in [6.45, 7) is 6.60. The molecule has 0 N–H and O–H groups in total. The third-order valence-electron chi connectivity index (χ3n) is 5.95. The molecule has 0 amide bonds. The van der Waals surface area contributed by atoms with Crippen LogP contribution in [0.4, 0.5) is 0 Å². The maximum Gasteiger partial charge on any atom is 0.147 e. The summed E-state index contributed by atoms with van der Waals surface area (Å²) in [5.74, 6) is 0.318. The predicted molar refractivity (Wildman–Crippen MR) is 116 cm³/mol. The number of carbonyl (C=O) groups excluding carboxylic acids is 1. The molecule has 1 fully saturated rings. The average molecular weight is 386 g/mol. The molecule has 3 rings (SSSR count). The van der Waals surface area contributed by atoms with Crippen molar-refractivity contribution >= 4 is 18.2 Å². The monoisotopic (exact) mass is 385 g/mol. The van der Waals surface area contributed by atoms with Crippen LogP contribution in [-0.4, -0.2) is 29.8 Å². The van der Waals surface area contributed by atoms with Gasteiger partial charge in [-0.2, -0.15) is 0 Å². The number of likely N-dealkylation sites (tertiary alicyclic amines) is 1. The minimum atomic E-state index is -0.561. The maximum absolute atomic E-state index is 13.4. The van der Waals surface area contributed by atoms with Crippen LogP contribution in [0.2, 0.25) is 0 Å². The van der Waals surface area contributed by atoms with E-state index in [0.717, 1.165) is 30.6 Å². The summed E-state index contributed by atoms with van der Waals surface area (Å²) in [6, 6.07) is 21.2. The molecular formula is C24H32ClNO. The highest BCUT2D eigenvalue weighted by atomic mass is 35.5. The molecule has 146 valence electrons. The molecule has 0 radical (unpaired) electrons. The Hall–Kier alpha value is -1.64. The van der Waals surface area contributed by atoms with Crippen LogP contribution in [0.5, 0.6) is 0 Å². The van der Waals surface area contributed by atoms with E-state index in [9.17, 15) is 4.79 Å². The fourth-order valence-electron chi connectivity index (χ4n) is 4.52. The average Bonchev–Trinajstić information content (AvgIpc) is 2.73. The van der Waals surface area contributed by atoms with Gasteiger partial charge in [-0.15, -0.1) is 12.4 Å². The summed E-state index contributed by atoms with van der Waals surface area (Å²) in [4.78, 5) is 16.0. The zero-order valence-electron chi connectivity index (χ0n) is 16.6. The van der Waals surface area contributed by atoms with Crippen LogP contribution in [0.15, 0.2) is 60.7 Å². The van der Waals surface area contributed by atoms with E-state index in [2.05, 4.69) is 60.4 Å². The Balaban J connectivity index is 0.00000261. The van der Waals surface area contributed by atoms with E-state index in [1.807, 2.05) is 19.1 Å². The number of hydrogen-bond donors (Lipinski definition) is 0. The molecule has 0 saturated carbocycles. The summed E-state index contributed by atoms with van der Waals surface area (Å²) >= 11 is 0. The van der Waals surface area contributed by atoms with Gasteiger partial charge in [0.25, 0.3) is 0 Å². The fraction of sp³-hybridized carbons (Fsp3) is 0.458. The smallest absolute Gasteiger partial charge is 0.147 e. The molecule has 0 bridgehead atoms. The third kappa shape index (κ3) is 4.62. The minimum absolute atomic E-state index is 0. The highest BCUT2D eigenvalue weighted by Crippen LogP contribution is 2.40. The summed E-state index contributed by atoms with van der Waals surface area (Å²) in [5.41, 5.74) is 1.69. The summed E-state index contributed by atoms with van der Waals surface area (Å²) in [5, 5.41) is 0. The quantitative estimate of drug-likeness (QED) is 0.614. The van der Waals surface area contributed by atoms with Gasteiger partial charge in [0.05, 0.1) is 5.41 Å². The Bertz CT molecular complexity index is 655. The van der Waals surface area contributed by atoms with Crippen LogP contribution in [0, 0.1) is 0 Å². The summed E-state index contributed by atoms with van der Waals surface area (Å²) < 4.78 is 0. The standard InChI is InChI=1S/C24H31NO.ClH/c1-3-23(26)24(21-13-7-4-8-14-21,22-15-9-5-10-16-22)19-20(2)25-17-11-6-12-18-25;/h4-5,7-10,13-16,20H,3,6,11-12,17-19H2,1-2H3;1H. The van der Waals surface area contributed by atoms with Crippen LogP contribution < -0.4 is 0 Å². The Labute approximate surface area is 170 Å². The van der Waals surface area contributed by atoms with E-state index in [1.54, 1.807) is 0 Å². The maximum atomic E-state index is 13.4. The topological polar surface area (TPSA) is 20.3 Å². The van der Waals surface area contributed by atoms with Crippen LogP contribution >= 0.6 is 12.4 Å². The van der Waals surface area contributed by atoms with Gasteiger partial charge < -0.3 is 4.90 Å². The molecule has 2 nitrogen and oxygen atoms in total. The van der Waals surface area contributed by atoms with Crippen LogP contribution in [0.3, 0.4) is 0 Å². The first-order valence-corrected chi connectivity index (χ1v) is 10.1. The molecule has 0 spiro atoms. The second-order valence-electron chi connectivity index (χ2n) is 7.56. The second kappa shape index (κ2) is 10.1. The molecule has 2 aromatic carbocycles. The van der Waals surface area contributed by atoms with E-state index < -0.39 is 5.41 Å². The van der Waals surface area contributed by atoms with Crippen molar-refractivity contribution in [2.75, 3.05) is 13.1 Å². The molecule has 0 aliphatic carbocycles. The van der Waals surface area contributed by atoms with E-state index >= 15 is 0 Å². The molecule has 0 aromatic heterocycles. The molecule has 27 heavy (non-hydrogen) atoms. The Kier molecular flexibility index (Phi) is 8.07. The number of halogens is 1. The van der Waals surface area contributed by atoms with Crippen molar-refractivity contribution in [3.05, 3.63) is 71.8 Å². The third-order valence-corrected chi connectivity index (χ3v) is 5.95. The molecule has 1 saturated heterocycles. The molecule has 1 heterocycles. The summed E-state index contributed by atoms with van der Waals surface area (Å²) in [6.07, 6.45) is 5.27. The van der Waals surface area contributed by atoms with Gasteiger partial charge in [0.2, 0.25) is 0 Å². The van der Waals surface area contributed by atoms with Crippen LogP contribution in [0.25, 0.3) is 0 Å². The lowest BCUT2D eigenvalue weighted by Crippen LogP contribution is -2.46. The lowest BCUT2D eigenvalue weighted by Gasteiger charge is -2.40. The molecule has 3 heteroatoms. The first kappa shape index (κ1) is 21.7. The second-order valence-corrected chi connectivity index (χ2v) is 7.56. The number of piperidine rings is 1. The first-order chi connectivity index (χ1) is 12.7.